The SMILES string of the molecule is C=CC(=O)Nc1cc(Nc2cc(-c3ccc4c(cnn4C)c3)ncn2)c(OCC)cc1N(C)CCN(C)CC. The van der Waals surface area contributed by atoms with Crippen molar-refractivity contribution in [1.29, 1.82) is 0 Å². The second-order valence-electron chi connectivity index (χ2n) is 9.26. The van der Waals surface area contributed by atoms with Crippen molar-refractivity contribution in [2.24, 2.45) is 7.05 Å². The lowest BCUT2D eigenvalue weighted by atomic mass is 10.1. The lowest BCUT2D eigenvalue weighted by Gasteiger charge is -2.26. The fraction of sp³-hybridized carbons (Fsp3) is 0.310. The summed E-state index contributed by atoms with van der Waals surface area (Å²) < 4.78 is 7.85. The van der Waals surface area contributed by atoms with Crippen molar-refractivity contribution in [2.45, 2.75) is 13.8 Å². The van der Waals surface area contributed by atoms with E-state index in [4.69, 9.17) is 4.74 Å². The van der Waals surface area contributed by atoms with Crippen LogP contribution in [0, 0.1) is 0 Å². The van der Waals surface area contributed by atoms with Crippen molar-refractivity contribution in [3.8, 4) is 17.0 Å². The van der Waals surface area contributed by atoms with Gasteiger partial charge in [0.25, 0.3) is 0 Å². The molecule has 0 radical (unpaired) electrons. The summed E-state index contributed by atoms with van der Waals surface area (Å²) in [7, 11) is 6.00. The number of aryl methyl sites for hydroxylation is 1. The van der Waals surface area contributed by atoms with Gasteiger partial charge in [0.2, 0.25) is 5.91 Å². The summed E-state index contributed by atoms with van der Waals surface area (Å²) in [5.74, 6) is 0.955. The molecule has 0 atom stereocenters. The van der Waals surface area contributed by atoms with Crippen molar-refractivity contribution in [2.75, 3.05) is 55.9 Å². The third kappa shape index (κ3) is 6.53. The Morgan fingerprint density at radius 1 is 1.10 bits per heavy atom. The Hall–Kier alpha value is -4.44. The molecule has 2 N–H and O–H groups in total. The van der Waals surface area contributed by atoms with Crippen molar-refractivity contribution >= 4 is 39.7 Å². The van der Waals surface area contributed by atoms with E-state index < -0.39 is 0 Å². The molecule has 10 nitrogen and oxygen atoms in total. The molecule has 4 rings (SSSR count). The van der Waals surface area contributed by atoms with E-state index in [1.54, 1.807) is 0 Å². The first-order chi connectivity index (χ1) is 18.8. The highest BCUT2D eigenvalue weighted by molar-refractivity contribution is 6.02. The standard InChI is InChI=1S/C29H36N8O2/c1-7-29(38)34-23-15-24(27(39-9-3)17-26(23)36(5)13-12-35(4)8-2)33-28-16-22(30-19-31-28)20-10-11-25-21(14-20)18-32-37(25)6/h7,10-11,14-19H,1,8-9,12-13H2,2-6H3,(H,34,38)(H,30,31,33). The van der Waals surface area contributed by atoms with E-state index in [9.17, 15) is 4.79 Å². The van der Waals surface area contributed by atoms with Gasteiger partial charge in [-0.15, -0.1) is 0 Å². The molecule has 1 amide bonds. The summed E-state index contributed by atoms with van der Waals surface area (Å²) in [5.41, 5.74) is 4.94. The van der Waals surface area contributed by atoms with Gasteiger partial charge in [-0.1, -0.05) is 19.6 Å². The van der Waals surface area contributed by atoms with Crippen LogP contribution in [-0.4, -0.2) is 70.9 Å². The van der Waals surface area contributed by atoms with Crippen LogP contribution in [-0.2, 0) is 11.8 Å². The molecule has 2 heterocycles. The van der Waals surface area contributed by atoms with E-state index in [2.05, 4.69) is 62.1 Å². The number of ether oxygens (including phenoxy) is 1. The van der Waals surface area contributed by atoms with Gasteiger partial charge in [0.05, 0.1) is 41.1 Å². The third-order valence-electron chi connectivity index (χ3n) is 6.58. The van der Waals surface area contributed by atoms with Gasteiger partial charge in [-0.2, -0.15) is 5.10 Å². The maximum Gasteiger partial charge on any atom is 0.247 e. The summed E-state index contributed by atoms with van der Waals surface area (Å²) in [6.45, 7) is 10.8. The minimum atomic E-state index is -0.291. The van der Waals surface area contributed by atoms with Gasteiger partial charge >= 0.3 is 0 Å². The number of anilines is 4. The zero-order valence-corrected chi connectivity index (χ0v) is 23.2. The molecule has 0 unspecified atom stereocenters. The van der Waals surface area contributed by atoms with Crippen LogP contribution >= 0.6 is 0 Å². The lowest BCUT2D eigenvalue weighted by Crippen LogP contribution is -2.31. The Morgan fingerprint density at radius 3 is 2.67 bits per heavy atom. The Labute approximate surface area is 229 Å². The molecule has 0 bridgehead atoms. The Morgan fingerprint density at radius 2 is 1.92 bits per heavy atom. The number of hydrogen-bond donors (Lipinski definition) is 2. The molecule has 2 aromatic carbocycles. The number of aromatic nitrogens is 4. The average molecular weight is 529 g/mol. The Bertz CT molecular complexity index is 1470. The highest BCUT2D eigenvalue weighted by Crippen LogP contribution is 2.38. The number of nitrogens with one attached hydrogen (secondary N) is 2. The van der Waals surface area contributed by atoms with E-state index >= 15 is 0 Å². The minimum Gasteiger partial charge on any atom is -0.492 e. The van der Waals surface area contributed by atoms with Crippen LogP contribution < -0.4 is 20.3 Å². The van der Waals surface area contributed by atoms with Gasteiger partial charge < -0.3 is 25.2 Å². The molecule has 0 aliphatic heterocycles. The van der Waals surface area contributed by atoms with Crippen LogP contribution in [0.15, 0.2) is 61.6 Å². The van der Waals surface area contributed by atoms with Gasteiger partial charge in [0.15, 0.2) is 0 Å². The van der Waals surface area contributed by atoms with Crippen LogP contribution in [0.3, 0.4) is 0 Å². The number of nitrogens with zero attached hydrogens (tertiary/aromatic N) is 6. The molecule has 0 saturated carbocycles. The fourth-order valence-electron chi connectivity index (χ4n) is 4.19. The van der Waals surface area contributed by atoms with Crippen molar-refractivity contribution in [1.82, 2.24) is 24.6 Å². The second kappa shape index (κ2) is 12.4. The van der Waals surface area contributed by atoms with Crippen LogP contribution in [0.5, 0.6) is 5.75 Å². The van der Waals surface area contributed by atoms with Gasteiger partial charge in [-0.25, -0.2) is 9.97 Å². The number of likely N-dealkylation sites (N-methyl/N-ethyl adjacent to an activating group) is 2. The molecule has 2 aromatic heterocycles. The van der Waals surface area contributed by atoms with Crippen LogP contribution in [0.1, 0.15) is 13.8 Å². The highest BCUT2D eigenvalue weighted by Gasteiger charge is 2.17. The number of rotatable bonds is 12. The Balaban J connectivity index is 1.68. The largest absolute Gasteiger partial charge is 0.492 e. The fourth-order valence-corrected chi connectivity index (χ4v) is 4.19. The maximum atomic E-state index is 12.3. The predicted molar refractivity (Wildman–Crippen MR) is 158 cm³/mol. The zero-order valence-electron chi connectivity index (χ0n) is 23.2. The molecular formula is C29H36N8O2. The number of benzene rings is 2. The highest BCUT2D eigenvalue weighted by atomic mass is 16.5. The van der Waals surface area contributed by atoms with E-state index in [1.807, 2.05) is 62.2 Å². The molecule has 39 heavy (non-hydrogen) atoms. The van der Waals surface area contributed by atoms with E-state index in [0.29, 0.717) is 29.5 Å². The molecule has 10 heteroatoms. The summed E-state index contributed by atoms with van der Waals surface area (Å²) in [6, 6.07) is 11.8. The summed E-state index contributed by atoms with van der Waals surface area (Å²) in [4.78, 5) is 25.6. The summed E-state index contributed by atoms with van der Waals surface area (Å²) >= 11 is 0. The lowest BCUT2D eigenvalue weighted by molar-refractivity contribution is -0.111. The number of carbonyl (C=O) groups excluding carboxylic acids is 1. The van der Waals surface area contributed by atoms with Gasteiger partial charge in [-0.3, -0.25) is 9.48 Å². The predicted octanol–water partition coefficient (Wildman–Crippen LogP) is 4.69. The molecule has 0 spiro atoms. The van der Waals surface area contributed by atoms with Crippen LogP contribution in [0.2, 0.25) is 0 Å². The first-order valence-electron chi connectivity index (χ1n) is 13.0. The molecular weight excluding hydrogens is 492 g/mol. The van der Waals surface area contributed by atoms with Crippen molar-refractivity contribution in [3.05, 3.63) is 61.6 Å². The Kier molecular flexibility index (Phi) is 8.77. The van der Waals surface area contributed by atoms with Gasteiger partial charge in [0.1, 0.15) is 17.9 Å². The monoisotopic (exact) mass is 528 g/mol. The van der Waals surface area contributed by atoms with Gasteiger partial charge in [0, 0.05) is 50.3 Å². The molecule has 4 aromatic rings. The molecule has 0 fully saturated rings. The molecule has 0 aliphatic carbocycles. The number of fused-ring (bicyclic) bond motifs is 1. The first kappa shape index (κ1) is 27.6. The van der Waals surface area contributed by atoms with Crippen LogP contribution in [0.4, 0.5) is 22.9 Å². The summed E-state index contributed by atoms with van der Waals surface area (Å²) in [6.07, 6.45) is 4.62. The molecule has 0 saturated heterocycles. The second-order valence-corrected chi connectivity index (χ2v) is 9.26. The van der Waals surface area contributed by atoms with E-state index in [0.717, 1.165) is 47.5 Å². The third-order valence-corrected chi connectivity index (χ3v) is 6.58. The van der Waals surface area contributed by atoms with Crippen LogP contribution in [0.25, 0.3) is 22.2 Å². The summed E-state index contributed by atoms with van der Waals surface area (Å²) in [5, 5.41) is 11.7. The topological polar surface area (TPSA) is 100 Å². The normalized spacial score (nSPS) is 11.0. The van der Waals surface area contributed by atoms with Crippen molar-refractivity contribution < 1.29 is 9.53 Å². The number of hydrogen-bond acceptors (Lipinski definition) is 8. The molecule has 204 valence electrons. The maximum absolute atomic E-state index is 12.3. The van der Waals surface area contributed by atoms with Crippen molar-refractivity contribution in [3.63, 3.8) is 0 Å². The molecule has 0 aliphatic rings. The van der Waals surface area contributed by atoms with Gasteiger partial charge in [-0.05, 0) is 44.8 Å². The average Bonchev–Trinajstić information content (AvgIpc) is 3.32. The quantitative estimate of drug-likeness (QED) is 0.256. The minimum absolute atomic E-state index is 0.291. The smallest absolute Gasteiger partial charge is 0.247 e. The van der Waals surface area contributed by atoms with E-state index in [-0.39, 0.29) is 5.91 Å². The van der Waals surface area contributed by atoms with E-state index in [1.165, 1.54) is 12.4 Å². The number of carbonyl (C=O) groups is 1. The zero-order chi connectivity index (χ0) is 27.9. The first-order valence-corrected chi connectivity index (χ1v) is 13.0. The number of amides is 1.